The van der Waals surface area contributed by atoms with Gasteiger partial charge in [-0.15, -0.1) is 0 Å². The van der Waals surface area contributed by atoms with Gasteiger partial charge in [-0.25, -0.2) is 0 Å². The first-order valence-electron chi connectivity index (χ1n) is 5.05. The van der Waals surface area contributed by atoms with E-state index in [1.807, 2.05) is 0 Å². The van der Waals surface area contributed by atoms with Crippen molar-refractivity contribution in [2.24, 2.45) is 11.5 Å². The lowest BCUT2D eigenvalue weighted by molar-refractivity contribution is -0.139. The average molecular weight is 233 g/mol. The second kappa shape index (κ2) is 7.15. The molecular formula is C9H19N3O4. The third kappa shape index (κ3) is 5.64. The van der Waals surface area contributed by atoms with Crippen molar-refractivity contribution in [2.45, 2.75) is 38.0 Å². The van der Waals surface area contributed by atoms with Crippen LogP contribution in [-0.4, -0.2) is 46.8 Å². The molecule has 0 aromatic rings. The predicted molar refractivity (Wildman–Crippen MR) is 57.5 cm³/mol. The monoisotopic (exact) mass is 233 g/mol. The second-order valence-corrected chi connectivity index (χ2v) is 3.66. The van der Waals surface area contributed by atoms with Crippen molar-refractivity contribution in [2.75, 3.05) is 6.54 Å². The zero-order valence-electron chi connectivity index (χ0n) is 9.22. The Morgan fingerprint density at radius 1 is 1.50 bits per heavy atom. The highest BCUT2D eigenvalue weighted by Crippen LogP contribution is 2.03. The average Bonchev–Trinajstić information content (AvgIpc) is 2.70. The van der Waals surface area contributed by atoms with Crippen molar-refractivity contribution < 1.29 is 19.8 Å². The van der Waals surface area contributed by atoms with E-state index in [1.165, 1.54) is 6.92 Å². The highest BCUT2D eigenvalue weighted by molar-refractivity contribution is 5.80. The van der Waals surface area contributed by atoms with Gasteiger partial charge in [-0.1, -0.05) is 0 Å². The van der Waals surface area contributed by atoms with Crippen molar-refractivity contribution in [3.63, 3.8) is 0 Å². The van der Waals surface area contributed by atoms with Gasteiger partial charge in [-0.3, -0.25) is 9.59 Å². The van der Waals surface area contributed by atoms with E-state index in [4.69, 9.17) is 21.7 Å². The standard InChI is InChI=1S/C5H9NO2.C4H10N2O2/c7-5(8)4-2-1-3-6-4;1-2(7)3(5)4(6)8/h4,6H,1-3H2,(H,7,8);2-3,7H,5H2,1H3,(H2,6,8). The van der Waals surface area contributed by atoms with E-state index in [0.717, 1.165) is 19.4 Å². The molecule has 0 aliphatic carbocycles. The summed E-state index contributed by atoms with van der Waals surface area (Å²) in [4.78, 5) is 20.2. The summed E-state index contributed by atoms with van der Waals surface area (Å²) in [7, 11) is 0. The number of carboxylic acid groups (broad SMARTS) is 1. The summed E-state index contributed by atoms with van der Waals surface area (Å²) < 4.78 is 0. The van der Waals surface area contributed by atoms with Crippen molar-refractivity contribution in [1.29, 1.82) is 0 Å². The topological polar surface area (TPSA) is 139 Å². The van der Waals surface area contributed by atoms with E-state index < -0.39 is 24.0 Å². The fourth-order valence-electron chi connectivity index (χ4n) is 1.13. The number of carbonyl (C=O) groups is 2. The number of hydrogen-bond acceptors (Lipinski definition) is 5. The molecule has 0 radical (unpaired) electrons. The van der Waals surface area contributed by atoms with Crippen LogP contribution in [-0.2, 0) is 9.59 Å². The number of carboxylic acids is 1. The second-order valence-electron chi connectivity index (χ2n) is 3.66. The van der Waals surface area contributed by atoms with Gasteiger partial charge in [-0.2, -0.15) is 0 Å². The van der Waals surface area contributed by atoms with E-state index in [9.17, 15) is 9.59 Å². The minimum atomic E-state index is -0.935. The molecule has 0 bridgehead atoms. The SMILES string of the molecule is CC(O)C(N)C(N)=O.O=C(O)C1CCCN1. The van der Waals surface area contributed by atoms with Crippen LogP contribution in [0.2, 0.25) is 0 Å². The van der Waals surface area contributed by atoms with Gasteiger partial charge in [0.15, 0.2) is 0 Å². The van der Waals surface area contributed by atoms with Gasteiger partial charge < -0.3 is 27.0 Å². The number of aliphatic hydroxyl groups excluding tert-OH is 1. The molecule has 0 aromatic heterocycles. The summed E-state index contributed by atoms with van der Waals surface area (Å²) in [6, 6.07) is -1.20. The van der Waals surface area contributed by atoms with Crippen LogP contribution in [0.3, 0.4) is 0 Å². The Morgan fingerprint density at radius 3 is 2.19 bits per heavy atom. The summed E-state index contributed by atoms with van der Waals surface area (Å²) >= 11 is 0. The largest absolute Gasteiger partial charge is 0.480 e. The van der Waals surface area contributed by atoms with Crippen LogP contribution in [0.4, 0.5) is 0 Å². The minimum Gasteiger partial charge on any atom is -0.480 e. The van der Waals surface area contributed by atoms with E-state index in [0.29, 0.717) is 0 Å². The van der Waals surface area contributed by atoms with Crippen LogP contribution < -0.4 is 16.8 Å². The molecule has 7 nitrogen and oxygen atoms in total. The molecule has 1 saturated heterocycles. The van der Waals surface area contributed by atoms with Gasteiger partial charge >= 0.3 is 5.97 Å². The number of aliphatic carboxylic acids is 1. The van der Waals surface area contributed by atoms with Crippen LogP contribution >= 0.6 is 0 Å². The Hall–Kier alpha value is -1.18. The molecule has 1 aliphatic heterocycles. The Kier molecular flexibility index (Phi) is 6.63. The fraction of sp³-hybridized carbons (Fsp3) is 0.778. The molecule has 7 N–H and O–H groups in total. The Balaban J connectivity index is 0.000000281. The lowest BCUT2D eigenvalue weighted by Gasteiger charge is -2.08. The number of carbonyl (C=O) groups excluding carboxylic acids is 1. The molecule has 1 aliphatic rings. The summed E-state index contributed by atoms with van der Waals surface area (Å²) in [5.74, 6) is -1.40. The van der Waals surface area contributed by atoms with Crippen LogP contribution in [0, 0.1) is 0 Å². The first-order chi connectivity index (χ1) is 7.36. The number of primary amides is 1. The lowest BCUT2D eigenvalue weighted by Crippen LogP contribution is -2.44. The highest BCUT2D eigenvalue weighted by Gasteiger charge is 2.20. The van der Waals surface area contributed by atoms with Crippen molar-refractivity contribution >= 4 is 11.9 Å². The lowest BCUT2D eigenvalue weighted by atomic mass is 10.2. The maximum Gasteiger partial charge on any atom is 0.320 e. The number of amides is 1. The number of hydrogen-bond donors (Lipinski definition) is 5. The number of nitrogens with one attached hydrogen (secondary N) is 1. The summed E-state index contributed by atoms with van der Waals surface area (Å²) in [6.07, 6.45) is 0.930. The molecule has 3 unspecified atom stereocenters. The molecule has 1 heterocycles. The van der Waals surface area contributed by atoms with Gasteiger partial charge in [0.25, 0.3) is 0 Å². The number of aliphatic hydroxyl groups is 1. The van der Waals surface area contributed by atoms with Crippen LogP contribution in [0.1, 0.15) is 19.8 Å². The Morgan fingerprint density at radius 2 is 2.06 bits per heavy atom. The zero-order valence-corrected chi connectivity index (χ0v) is 9.22. The van der Waals surface area contributed by atoms with Gasteiger partial charge in [0.2, 0.25) is 5.91 Å². The molecule has 3 atom stereocenters. The molecule has 1 rings (SSSR count). The van der Waals surface area contributed by atoms with E-state index in [2.05, 4.69) is 5.32 Å². The van der Waals surface area contributed by atoms with E-state index in [1.54, 1.807) is 0 Å². The van der Waals surface area contributed by atoms with Gasteiger partial charge in [-0.05, 0) is 26.3 Å². The van der Waals surface area contributed by atoms with Crippen LogP contribution in [0.25, 0.3) is 0 Å². The Labute approximate surface area is 93.8 Å². The predicted octanol–water partition coefficient (Wildman–Crippen LogP) is -2.00. The first-order valence-corrected chi connectivity index (χ1v) is 5.05. The summed E-state index contributed by atoms with van der Waals surface area (Å²) in [5.41, 5.74) is 9.75. The number of nitrogens with two attached hydrogens (primary N) is 2. The van der Waals surface area contributed by atoms with Crippen molar-refractivity contribution in [3.05, 3.63) is 0 Å². The zero-order chi connectivity index (χ0) is 12.7. The van der Waals surface area contributed by atoms with Gasteiger partial charge in [0.05, 0.1) is 6.10 Å². The molecule has 1 fully saturated rings. The fourth-order valence-corrected chi connectivity index (χ4v) is 1.13. The maximum atomic E-state index is 10.1. The van der Waals surface area contributed by atoms with E-state index in [-0.39, 0.29) is 6.04 Å². The molecule has 0 saturated carbocycles. The first kappa shape index (κ1) is 14.8. The maximum absolute atomic E-state index is 10.1. The normalized spacial score (nSPS) is 22.8. The van der Waals surface area contributed by atoms with Crippen LogP contribution in [0.5, 0.6) is 0 Å². The van der Waals surface area contributed by atoms with Gasteiger partial charge in [0, 0.05) is 0 Å². The summed E-state index contributed by atoms with van der Waals surface area (Å²) in [5, 5.41) is 19.8. The molecule has 1 amide bonds. The number of rotatable bonds is 3. The molecule has 7 heteroatoms. The quantitative estimate of drug-likeness (QED) is 0.382. The van der Waals surface area contributed by atoms with Crippen molar-refractivity contribution in [1.82, 2.24) is 5.32 Å². The molecule has 16 heavy (non-hydrogen) atoms. The van der Waals surface area contributed by atoms with Gasteiger partial charge in [0.1, 0.15) is 12.1 Å². The third-order valence-electron chi connectivity index (χ3n) is 2.21. The smallest absolute Gasteiger partial charge is 0.320 e. The minimum absolute atomic E-state index is 0.269. The molecule has 0 aromatic carbocycles. The van der Waals surface area contributed by atoms with E-state index >= 15 is 0 Å². The highest BCUT2D eigenvalue weighted by atomic mass is 16.4. The molecule has 0 spiro atoms. The third-order valence-corrected chi connectivity index (χ3v) is 2.21. The van der Waals surface area contributed by atoms with Crippen molar-refractivity contribution in [3.8, 4) is 0 Å². The summed E-state index contributed by atoms with van der Waals surface area (Å²) in [6.45, 7) is 2.27. The van der Waals surface area contributed by atoms with Crippen LogP contribution in [0.15, 0.2) is 0 Å². The molecule has 94 valence electrons. The Bertz CT molecular complexity index is 227. The molecular weight excluding hydrogens is 214 g/mol.